The molecular weight excluding hydrogens is 200 g/mol. The fraction of sp³-hybridized carbons (Fsp3) is 0.154. The summed E-state index contributed by atoms with van der Waals surface area (Å²) in [5.74, 6) is 1.44. The van der Waals surface area contributed by atoms with Gasteiger partial charge in [-0.15, -0.1) is 0 Å². The summed E-state index contributed by atoms with van der Waals surface area (Å²) in [6, 6.07) is 11.6. The summed E-state index contributed by atoms with van der Waals surface area (Å²) in [7, 11) is 1.89. The molecule has 3 heteroatoms. The molecule has 0 spiro atoms. The summed E-state index contributed by atoms with van der Waals surface area (Å²) in [5.41, 5.74) is 2.09. The van der Waals surface area contributed by atoms with E-state index in [1.165, 1.54) is 0 Å². The second-order valence-corrected chi connectivity index (χ2v) is 3.50. The number of aryl methyl sites for hydroxylation is 1. The standard InChI is InChI=1S/C13H14N2O/c1-10-4-3-9-15-13(10)16-12-7-5-11(14-2)6-8-12/h3-9,14H,1-2H3. The molecule has 3 nitrogen and oxygen atoms in total. The Hall–Kier alpha value is -2.03. The van der Waals surface area contributed by atoms with Gasteiger partial charge in [-0.3, -0.25) is 0 Å². The minimum absolute atomic E-state index is 0.653. The zero-order valence-electron chi connectivity index (χ0n) is 9.40. The molecule has 1 aromatic carbocycles. The van der Waals surface area contributed by atoms with Crippen LogP contribution in [0.15, 0.2) is 42.6 Å². The molecule has 0 saturated carbocycles. The van der Waals surface area contributed by atoms with Gasteiger partial charge in [0.1, 0.15) is 5.75 Å². The van der Waals surface area contributed by atoms with E-state index in [0.29, 0.717) is 5.88 Å². The van der Waals surface area contributed by atoms with Gasteiger partial charge in [0.25, 0.3) is 0 Å². The molecule has 16 heavy (non-hydrogen) atoms. The van der Waals surface area contributed by atoms with Crippen LogP contribution in [0.3, 0.4) is 0 Å². The number of nitrogens with one attached hydrogen (secondary N) is 1. The number of ether oxygens (including phenoxy) is 1. The first-order valence-corrected chi connectivity index (χ1v) is 5.17. The number of anilines is 1. The number of nitrogens with zero attached hydrogens (tertiary/aromatic N) is 1. The van der Waals surface area contributed by atoms with Crippen molar-refractivity contribution in [3.8, 4) is 11.6 Å². The van der Waals surface area contributed by atoms with Gasteiger partial charge in [-0.2, -0.15) is 0 Å². The Balaban J connectivity index is 2.18. The molecule has 0 aliphatic carbocycles. The minimum Gasteiger partial charge on any atom is -0.439 e. The van der Waals surface area contributed by atoms with Crippen molar-refractivity contribution in [3.05, 3.63) is 48.2 Å². The van der Waals surface area contributed by atoms with Crippen molar-refractivity contribution in [1.82, 2.24) is 4.98 Å². The third kappa shape index (κ3) is 2.31. The predicted octanol–water partition coefficient (Wildman–Crippen LogP) is 3.22. The molecule has 1 aromatic heterocycles. The molecule has 2 rings (SSSR count). The van der Waals surface area contributed by atoms with Crippen molar-refractivity contribution in [2.24, 2.45) is 0 Å². The molecule has 0 aliphatic rings. The second-order valence-electron chi connectivity index (χ2n) is 3.50. The Labute approximate surface area is 95.1 Å². The van der Waals surface area contributed by atoms with Crippen LogP contribution in [0, 0.1) is 6.92 Å². The molecule has 0 fully saturated rings. The van der Waals surface area contributed by atoms with E-state index in [2.05, 4.69) is 10.3 Å². The summed E-state index contributed by atoms with van der Waals surface area (Å²) in [5, 5.41) is 3.06. The molecule has 1 N–H and O–H groups in total. The average molecular weight is 214 g/mol. The topological polar surface area (TPSA) is 34.1 Å². The van der Waals surface area contributed by atoms with Gasteiger partial charge in [-0.1, -0.05) is 6.07 Å². The highest BCUT2D eigenvalue weighted by Crippen LogP contribution is 2.23. The Morgan fingerprint density at radius 2 is 1.88 bits per heavy atom. The zero-order chi connectivity index (χ0) is 11.4. The third-order valence-electron chi connectivity index (χ3n) is 2.32. The first-order valence-electron chi connectivity index (χ1n) is 5.17. The molecule has 2 aromatic rings. The molecule has 0 unspecified atom stereocenters. The van der Waals surface area contributed by atoms with Crippen LogP contribution in [-0.2, 0) is 0 Å². The van der Waals surface area contributed by atoms with Gasteiger partial charge in [-0.25, -0.2) is 4.98 Å². The van der Waals surface area contributed by atoms with Gasteiger partial charge in [0.15, 0.2) is 0 Å². The summed E-state index contributed by atoms with van der Waals surface area (Å²) in [4.78, 5) is 4.18. The quantitative estimate of drug-likeness (QED) is 0.851. The average Bonchev–Trinajstić information content (AvgIpc) is 2.33. The molecule has 1 heterocycles. The molecule has 0 radical (unpaired) electrons. The third-order valence-corrected chi connectivity index (χ3v) is 2.32. The van der Waals surface area contributed by atoms with Crippen molar-refractivity contribution < 1.29 is 4.74 Å². The largest absolute Gasteiger partial charge is 0.439 e. The Morgan fingerprint density at radius 1 is 1.12 bits per heavy atom. The van der Waals surface area contributed by atoms with Gasteiger partial charge in [0.05, 0.1) is 0 Å². The maximum absolute atomic E-state index is 5.67. The molecular formula is C13H14N2O. The fourth-order valence-electron chi connectivity index (χ4n) is 1.38. The van der Waals surface area contributed by atoms with Crippen LogP contribution >= 0.6 is 0 Å². The molecule has 0 amide bonds. The van der Waals surface area contributed by atoms with Gasteiger partial charge >= 0.3 is 0 Å². The summed E-state index contributed by atoms with van der Waals surface area (Å²) < 4.78 is 5.67. The van der Waals surface area contributed by atoms with E-state index >= 15 is 0 Å². The number of hydrogen-bond donors (Lipinski definition) is 1. The van der Waals surface area contributed by atoms with Crippen LogP contribution < -0.4 is 10.1 Å². The minimum atomic E-state index is 0.653. The van der Waals surface area contributed by atoms with Crippen molar-refractivity contribution >= 4 is 5.69 Å². The lowest BCUT2D eigenvalue weighted by Gasteiger charge is -2.07. The summed E-state index contributed by atoms with van der Waals surface area (Å²) >= 11 is 0. The van der Waals surface area contributed by atoms with Gasteiger partial charge in [0.2, 0.25) is 5.88 Å². The monoisotopic (exact) mass is 214 g/mol. The van der Waals surface area contributed by atoms with Crippen LogP contribution in [0.5, 0.6) is 11.6 Å². The summed E-state index contributed by atoms with van der Waals surface area (Å²) in [6.07, 6.45) is 1.73. The smallest absolute Gasteiger partial charge is 0.222 e. The van der Waals surface area contributed by atoms with E-state index < -0.39 is 0 Å². The lowest BCUT2D eigenvalue weighted by atomic mass is 10.3. The lowest BCUT2D eigenvalue weighted by molar-refractivity contribution is 0.459. The van der Waals surface area contributed by atoms with Crippen LogP contribution in [0.2, 0.25) is 0 Å². The van der Waals surface area contributed by atoms with Crippen molar-refractivity contribution in [2.75, 3.05) is 12.4 Å². The second kappa shape index (κ2) is 4.66. The van der Waals surface area contributed by atoms with Crippen molar-refractivity contribution in [1.29, 1.82) is 0 Å². The van der Waals surface area contributed by atoms with E-state index in [4.69, 9.17) is 4.74 Å². The molecule has 0 bridgehead atoms. The van der Waals surface area contributed by atoms with Crippen LogP contribution in [0.1, 0.15) is 5.56 Å². The summed E-state index contributed by atoms with van der Waals surface area (Å²) in [6.45, 7) is 1.98. The van der Waals surface area contributed by atoms with E-state index in [-0.39, 0.29) is 0 Å². The fourth-order valence-corrected chi connectivity index (χ4v) is 1.38. The predicted molar refractivity (Wildman–Crippen MR) is 65.0 cm³/mol. The van der Waals surface area contributed by atoms with Gasteiger partial charge in [-0.05, 0) is 37.3 Å². The first-order chi connectivity index (χ1) is 7.79. The highest BCUT2D eigenvalue weighted by Gasteiger charge is 2.01. The van der Waals surface area contributed by atoms with Crippen LogP contribution in [-0.4, -0.2) is 12.0 Å². The SMILES string of the molecule is CNc1ccc(Oc2ncccc2C)cc1. The van der Waals surface area contributed by atoms with Gasteiger partial charge in [0, 0.05) is 24.5 Å². The molecule has 0 saturated heterocycles. The van der Waals surface area contributed by atoms with Crippen molar-refractivity contribution in [2.45, 2.75) is 6.92 Å². The molecule has 0 aliphatic heterocycles. The normalized spacial score (nSPS) is 9.88. The molecule has 82 valence electrons. The number of aromatic nitrogens is 1. The first kappa shape index (κ1) is 10.5. The Bertz CT molecular complexity index is 466. The maximum atomic E-state index is 5.67. The van der Waals surface area contributed by atoms with E-state index in [1.807, 2.05) is 50.4 Å². The number of pyridine rings is 1. The lowest BCUT2D eigenvalue weighted by Crippen LogP contribution is -1.91. The van der Waals surface area contributed by atoms with Gasteiger partial charge < -0.3 is 10.1 Å². The maximum Gasteiger partial charge on any atom is 0.222 e. The highest BCUT2D eigenvalue weighted by molar-refractivity contribution is 5.46. The number of benzene rings is 1. The zero-order valence-corrected chi connectivity index (χ0v) is 9.40. The highest BCUT2D eigenvalue weighted by atomic mass is 16.5. The van der Waals surface area contributed by atoms with Crippen LogP contribution in [0.4, 0.5) is 5.69 Å². The van der Waals surface area contributed by atoms with E-state index in [9.17, 15) is 0 Å². The van der Waals surface area contributed by atoms with E-state index in [1.54, 1.807) is 6.20 Å². The number of rotatable bonds is 3. The Kier molecular flexibility index (Phi) is 3.05. The van der Waals surface area contributed by atoms with E-state index in [0.717, 1.165) is 17.0 Å². The number of hydrogen-bond acceptors (Lipinski definition) is 3. The van der Waals surface area contributed by atoms with Crippen molar-refractivity contribution in [3.63, 3.8) is 0 Å². The Morgan fingerprint density at radius 3 is 2.50 bits per heavy atom. The molecule has 0 atom stereocenters. The van der Waals surface area contributed by atoms with Crippen LogP contribution in [0.25, 0.3) is 0 Å².